The van der Waals surface area contributed by atoms with Crippen molar-refractivity contribution in [3.63, 3.8) is 0 Å². The van der Waals surface area contributed by atoms with Crippen LogP contribution in [0.3, 0.4) is 0 Å². The molecular weight excluding hydrogens is 270 g/mol. The molecule has 3 N–H and O–H groups in total. The van der Waals surface area contributed by atoms with Crippen LogP contribution in [0.1, 0.15) is 41.6 Å². The van der Waals surface area contributed by atoms with E-state index in [4.69, 9.17) is 5.11 Å². The van der Waals surface area contributed by atoms with Gasteiger partial charge in [-0.05, 0) is 24.5 Å². The molecule has 0 bridgehead atoms. The monoisotopic (exact) mass is 291 g/mol. The van der Waals surface area contributed by atoms with Crippen LogP contribution in [0.2, 0.25) is 0 Å². The Kier molecular flexibility index (Phi) is 4.96. The van der Waals surface area contributed by atoms with Gasteiger partial charge in [-0.15, -0.1) is 0 Å². The van der Waals surface area contributed by atoms with Crippen LogP contribution >= 0.6 is 0 Å². The fourth-order valence-electron chi connectivity index (χ4n) is 2.92. The number of nitrogens with one attached hydrogen (secondary N) is 1. The highest BCUT2D eigenvalue weighted by Gasteiger charge is 2.33. The van der Waals surface area contributed by atoms with E-state index in [1.165, 1.54) is 6.07 Å². The fraction of sp³-hybridized carbons (Fsp3) is 0.500. The second kappa shape index (κ2) is 6.72. The average molecular weight is 291 g/mol. The van der Waals surface area contributed by atoms with Crippen molar-refractivity contribution in [3.05, 3.63) is 35.4 Å². The van der Waals surface area contributed by atoms with Crippen LogP contribution in [-0.4, -0.2) is 35.2 Å². The minimum Gasteiger partial charge on any atom is -0.478 e. The van der Waals surface area contributed by atoms with E-state index in [-0.39, 0.29) is 29.9 Å². The zero-order chi connectivity index (χ0) is 15.3. The van der Waals surface area contributed by atoms with Gasteiger partial charge in [-0.1, -0.05) is 31.0 Å². The van der Waals surface area contributed by atoms with Gasteiger partial charge < -0.3 is 15.5 Å². The summed E-state index contributed by atoms with van der Waals surface area (Å²) in [6.07, 6.45) is 4.06. The molecule has 1 saturated carbocycles. The summed E-state index contributed by atoms with van der Waals surface area (Å²) in [6, 6.07) is 6.52. The summed E-state index contributed by atoms with van der Waals surface area (Å²) < 4.78 is 0. The molecule has 5 nitrogen and oxygen atoms in total. The molecule has 0 spiro atoms. The third kappa shape index (κ3) is 3.82. The van der Waals surface area contributed by atoms with E-state index < -0.39 is 5.97 Å². The SMILES string of the molecule is O=C(Cc1ccccc1C(=O)O)NCC1(CO)CCCC1. The van der Waals surface area contributed by atoms with Gasteiger partial charge in [0.05, 0.1) is 18.6 Å². The third-order valence-electron chi connectivity index (χ3n) is 4.26. The lowest BCUT2D eigenvalue weighted by atomic mass is 9.87. The largest absolute Gasteiger partial charge is 0.478 e. The van der Waals surface area contributed by atoms with E-state index in [2.05, 4.69) is 5.32 Å². The van der Waals surface area contributed by atoms with E-state index >= 15 is 0 Å². The number of hydrogen-bond acceptors (Lipinski definition) is 3. The number of carbonyl (C=O) groups excluding carboxylic acids is 1. The second-order valence-electron chi connectivity index (χ2n) is 5.78. The van der Waals surface area contributed by atoms with Gasteiger partial charge in [0.1, 0.15) is 0 Å². The lowest BCUT2D eigenvalue weighted by Gasteiger charge is -2.26. The number of hydrogen-bond donors (Lipinski definition) is 3. The van der Waals surface area contributed by atoms with E-state index in [0.29, 0.717) is 12.1 Å². The Morgan fingerprint density at radius 3 is 2.48 bits per heavy atom. The molecule has 0 heterocycles. The number of benzene rings is 1. The predicted molar refractivity (Wildman–Crippen MR) is 78.1 cm³/mol. The first-order valence-electron chi connectivity index (χ1n) is 7.25. The van der Waals surface area contributed by atoms with Crippen molar-refractivity contribution in [1.82, 2.24) is 5.32 Å². The van der Waals surface area contributed by atoms with Gasteiger partial charge in [-0.25, -0.2) is 4.79 Å². The van der Waals surface area contributed by atoms with E-state index in [9.17, 15) is 14.7 Å². The number of carboxylic acid groups (broad SMARTS) is 1. The molecule has 21 heavy (non-hydrogen) atoms. The molecule has 2 rings (SSSR count). The van der Waals surface area contributed by atoms with Gasteiger partial charge in [0.15, 0.2) is 0 Å². The molecule has 0 atom stereocenters. The van der Waals surface area contributed by atoms with Crippen molar-refractivity contribution in [2.45, 2.75) is 32.1 Å². The van der Waals surface area contributed by atoms with Crippen LogP contribution in [0, 0.1) is 5.41 Å². The minimum atomic E-state index is -1.03. The summed E-state index contributed by atoms with van der Waals surface area (Å²) in [5.41, 5.74) is 0.472. The number of aliphatic hydroxyl groups is 1. The first-order valence-corrected chi connectivity index (χ1v) is 7.25. The van der Waals surface area contributed by atoms with Crippen LogP contribution in [0.15, 0.2) is 24.3 Å². The van der Waals surface area contributed by atoms with Crippen molar-refractivity contribution in [3.8, 4) is 0 Å². The van der Waals surface area contributed by atoms with Gasteiger partial charge in [0.2, 0.25) is 5.91 Å². The fourth-order valence-corrected chi connectivity index (χ4v) is 2.92. The summed E-state index contributed by atoms with van der Waals surface area (Å²) in [4.78, 5) is 23.1. The van der Waals surface area contributed by atoms with Gasteiger partial charge in [0.25, 0.3) is 0 Å². The average Bonchev–Trinajstić information content (AvgIpc) is 2.95. The molecule has 1 aliphatic rings. The first kappa shape index (κ1) is 15.5. The molecule has 1 aliphatic carbocycles. The quantitative estimate of drug-likeness (QED) is 0.743. The van der Waals surface area contributed by atoms with Crippen LogP contribution < -0.4 is 5.32 Å². The number of carboxylic acids is 1. The highest BCUT2D eigenvalue weighted by molar-refractivity contribution is 5.91. The van der Waals surface area contributed by atoms with Gasteiger partial charge in [-0.2, -0.15) is 0 Å². The summed E-state index contributed by atoms with van der Waals surface area (Å²) in [5.74, 6) is -1.23. The van der Waals surface area contributed by atoms with Crippen molar-refractivity contribution < 1.29 is 19.8 Å². The van der Waals surface area contributed by atoms with Gasteiger partial charge in [0, 0.05) is 12.0 Å². The zero-order valence-electron chi connectivity index (χ0n) is 12.0. The summed E-state index contributed by atoms with van der Waals surface area (Å²) >= 11 is 0. The number of amides is 1. The standard InChI is InChI=1S/C16H21NO4/c18-11-16(7-3-4-8-16)10-17-14(19)9-12-5-1-2-6-13(12)15(20)21/h1-2,5-6,18H,3-4,7-11H2,(H,17,19)(H,20,21). The van der Waals surface area contributed by atoms with Crippen LogP contribution in [-0.2, 0) is 11.2 Å². The summed E-state index contributed by atoms with van der Waals surface area (Å²) in [5, 5.41) is 21.4. The van der Waals surface area contributed by atoms with Crippen molar-refractivity contribution in [2.75, 3.05) is 13.2 Å². The Balaban J connectivity index is 1.95. The maximum Gasteiger partial charge on any atom is 0.335 e. The molecule has 0 saturated heterocycles. The van der Waals surface area contributed by atoms with Crippen molar-refractivity contribution in [1.29, 1.82) is 0 Å². The van der Waals surface area contributed by atoms with E-state index in [1.54, 1.807) is 18.2 Å². The smallest absolute Gasteiger partial charge is 0.335 e. The Bertz CT molecular complexity index is 521. The maximum absolute atomic E-state index is 12.0. The van der Waals surface area contributed by atoms with E-state index in [1.807, 2.05) is 0 Å². The van der Waals surface area contributed by atoms with Crippen LogP contribution in [0.4, 0.5) is 0 Å². The molecule has 0 aliphatic heterocycles. The topological polar surface area (TPSA) is 86.6 Å². The molecule has 0 radical (unpaired) electrons. The normalized spacial score (nSPS) is 16.6. The lowest BCUT2D eigenvalue weighted by Crippen LogP contribution is -2.39. The molecule has 1 aromatic rings. The molecule has 1 fully saturated rings. The minimum absolute atomic E-state index is 0.0456. The van der Waals surface area contributed by atoms with Gasteiger partial charge in [-0.3, -0.25) is 4.79 Å². The molecule has 1 amide bonds. The third-order valence-corrected chi connectivity index (χ3v) is 4.26. The maximum atomic E-state index is 12.0. The van der Waals surface area contributed by atoms with Crippen LogP contribution in [0.5, 0.6) is 0 Å². The highest BCUT2D eigenvalue weighted by Crippen LogP contribution is 2.36. The number of aliphatic hydroxyl groups excluding tert-OH is 1. The molecule has 114 valence electrons. The Labute approximate surface area is 124 Å². The molecule has 1 aromatic carbocycles. The summed E-state index contributed by atoms with van der Waals surface area (Å²) in [6.45, 7) is 0.538. The number of rotatable bonds is 6. The molecule has 5 heteroatoms. The molecule has 0 aromatic heterocycles. The summed E-state index contributed by atoms with van der Waals surface area (Å²) in [7, 11) is 0. The Morgan fingerprint density at radius 1 is 1.19 bits per heavy atom. The number of aromatic carboxylic acids is 1. The zero-order valence-corrected chi connectivity index (χ0v) is 12.0. The Hall–Kier alpha value is -1.88. The predicted octanol–water partition coefficient (Wildman–Crippen LogP) is 1.60. The molecular formula is C16H21NO4. The lowest BCUT2D eigenvalue weighted by molar-refractivity contribution is -0.121. The van der Waals surface area contributed by atoms with E-state index in [0.717, 1.165) is 25.7 Å². The Morgan fingerprint density at radius 2 is 1.86 bits per heavy atom. The van der Waals surface area contributed by atoms with Crippen LogP contribution in [0.25, 0.3) is 0 Å². The highest BCUT2D eigenvalue weighted by atomic mass is 16.4. The number of carbonyl (C=O) groups is 2. The first-order chi connectivity index (χ1) is 10.1. The van der Waals surface area contributed by atoms with Gasteiger partial charge >= 0.3 is 5.97 Å². The molecule has 0 unspecified atom stereocenters. The van der Waals surface area contributed by atoms with Crippen molar-refractivity contribution >= 4 is 11.9 Å². The van der Waals surface area contributed by atoms with Crippen molar-refractivity contribution in [2.24, 2.45) is 5.41 Å². The second-order valence-corrected chi connectivity index (χ2v) is 5.78.